The van der Waals surface area contributed by atoms with E-state index in [0.717, 1.165) is 24.5 Å². The zero-order chi connectivity index (χ0) is 14.6. The molecule has 1 aliphatic carbocycles. The van der Waals surface area contributed by atoms with Crippen LogP contribution >= 0.6 is 0 Å². The first-order valence-corrected chi connectivity index (χ1v) is 7.58. The van der Waals surface area contributed by atoms with Gasteiger partial charge in [-0.15, -0.1) is 0 Å². The first-order valence-electron chi connectivity index (χ1n) is 7.58. The highest BCUT2D eigenvalue weighted by Crippen LogP contribution is 2.37. The molecule has 2 atom stereocenters. The Morgan fingerprint density at radius 1 is 1.30 bits per heavy atom. The number of nitrogens with one attached hydrogen (secondary N) is 1. The molecular weight excluding hydrogens is 250 g/mol. The lowest BCUT2D eigenvalue weighted by Crippen LogP contribution is -2.49. The number of likely N-dealkylation sites (N-methyl/N-ethyl adjacent to an activating group) is 1. The lowest BCUT2D eigenvalue weighted by Gasteiger charge is -2.41. The van der Waals surface area contributed by atoms with Gasteiger partial charge in [-0.25, -0.2) is 0 Å². The van der Waals surface area contributed by atoms with Crippen LogP contribution in [-0.2, 0) is 0 Å². The number of hydrogen-bond acceptors (Lipinski definition) is 3. The van der Waals surface area contributed by atoms with Crippen molar-refractivity contribution < 1.29 is 9.47 Å². The Bertz CT molecular complexity index is 431. The van der Waals surface area contributed by atoms with Gasteiger partial charge in [-0.2, -0.15) is 0 Å². The van der Waals surface area contributed by atoms with Crippen LogP contribution in [0.25, 0.3) is 0 Å². The minimum Gasteiger partial charge on any atom is -0.497 e. The Morgan fingerprint density at radius 2 is 2.05 bits per heavy atom. The summed E-state index contributed by atoms with van der Waals surface area (Å²) in [6.45, 7) is 7.81. The van der Waals surface area contributed by atoms with E-state index >= 15 is 0 Å². The van der Waals surface area contributed by atoms with Crippen molar-refractivity contribution in [3.63, 3.8) is 0 Å². The summed E-state index contributed by atoms with van der Waals surface area (Å²) < 4.78 is 11.5. The van der Waals surface area contributed by atoms with Crippen LogP contribution < -0.4 is 14.8 Å². The number of hydrogen-bond donors (Lipinski definition) is 1. The second-order valence-corrected chi connectivity index (χ2v) is 6.41. The molecule has 20 heavy (non-hydrogen) atoms. The second kappa shape index (κ2) is 6.49. The maximum Gasteiger partial charge on any atom is 0.123 e. The summed E-state index contributed by atoms with van der Waals surface area (Å²) in [7, 11) is 1.68. The predicted molar refractivity (Wildman–Crippen MR) is 82.5 cm³/mol. The van der Waals surface area contributed by atoms with Crippen LogP contribution in [0.2, 0.25) is 0 Å². The molecule has 1 N–H and O–H groups in total. The van der Waals surface area contributed by atoms with Gasteiger partial charge in [0.1, 0.15) is 17.6 Å². The standard InChI is InChI=1S/C17H27NO2/c1-5-18-15-9-10-17(2,3)12-16(15)20-14-8-6-7-13(11-14)19-4/h6-8,11,15-16,18H,5,9-10,12H2,1-4H3. The minimum atomic E-state index is 0.228. The van der Waals surface area contributed by atoms with Crippen LogP contribution in [0.3, 0.4) is 0 Å². The highest BCUT2D eigenvalue weighted by atomic mass is 16.5. The van der Waals surface area contributed by atoms with Gasteiger partial charge in [-0.3, -0.25) is 0 Å². The average molecular weight is 277 g/mol. The Morgan fingerprint density at radius 3 is 2.75 bits per heavy atom. The highest BCUT2D eigenvalue weighted by Gasteiger charge is 2.35. The number of rotatable bonds is 5. The molecule has 0 heterocycles. The van der Waals surface area contributed by atoms with Crippen LogP contribution in [0.5, 0.6) is 11.5 Å². The topological polar surface area (TPSA) is 30.5 Å². The molecule has 112 valence electrons. The molecule has 3 nitrogen and oxygen atoms in total. The van der Waals surface area contributed by atoms with E-state index in [9.17, 15) is 0 Å². The molecule has 3 heteroatoms. The molecule has 0 saturated heterocycles. The smallest absolute Gasteiger partial charge is 0.123 e. The van der Waals surface area contributed by atoms with Crippen LogP contribution in [0.1, 0.15) is 40.0 Å². The van der Waals surface area contributed by atoms with Gasteiger partial charge in [0.15, 0.2) is 0 Å². The third-order valence-corrected chi connectivity index (χ3v) is 4.13. The molecule has 1 aromatic rings. The van der Waals surface area contributed by atoms with E-state index in [-0.39, 0.29) is 6.10 Å². The summed E-state index contributed by atoms with van der Waals surface area (Å²) in [5, 5.41) is 3.56. The summed E-state index contributed by atoms with van der Waals surface area (Å²) >= 11 is 0. The predicted octanol–water partition coefficient (Wildman–Crippen LogP) is 3.63. The van der Waals surface area contributed by atoms with Gasteiger partial charge in [-0.1, -0.05) is 26.8 Å². The minimum absolute atomic E-state index is 0.228. The fourth-order valence-electron chi connectivity index (χ4n) is 2.99. The van der Waals surface area contributed by atoms with Crippen LogP contribution in [0, 0.1) is 5.41 Å². The molecule has 0 bridgehead atoms. The van der Waals surface area contributed by atoms with Crippen LogP contribution in [0.15, 0.2) is 24.3 Å². The van der Waals surface area contributed by atoms with E-state index in [1.807, 2.05) is 24.3 Å². The molecule has 1 aromatic carbocycles. The number of methoxy groups -OCH3 is 1. The third-order valence-electron chi connectivity index (χ3n) is 4.13. The summed E-state index contributed by atoms with van der Waals surface area (Å²) in [5.74, 6) is 1.74. The molecule has 0 radical (unpaired) electrons. The van der Waals surface area contributed by atoms with E-state index in [1.165, 1.54) is 12.8 Å². The van der Waals surface area contributed by atoms with E-state index in [1.54, 1.807) is 7.11 Å². The zero-order valence-corrected chi connectivity index (χ0v) is 13.1. The molecule has 0 amide bonds. The van der Waals surface area contributed by atoms with Crippen molar-refractivity contribution in [1.29, 1.82) is 0 Å². The average Bonchev–Trinajstić information content (AvgIpc) is 2.42. The van der Waals surface area contributed by atoms with Gasteiger partial charge in [-0.05, 0) is 43.4 Å². The summed E-state index contributed by atoms with van der Waals surface area (Å²) in [4.78, 5) is 0. The fourth-order valence-corrected chi connectivity index (χ4v) is 2.99. The molecule has 2 unspecified atom stereocenters. The van der Waals surface area contributed by atoms with Crippen molar-refractivity contribution in [2.24, 2.45) is 5.41 Å². The SMILES string of the molecule is CCNC1CCC(C)(C)CC1Oc1cccc(OC)c1. The monoisotopic (exact) mass is 277 g/mol. The van der Waals surface area contributed by atoms with E-state index in [2.05, 4.69) is 26.1 Å². The lowest BCUT2D eigenvalue weighted by molar-refractivity contribution is 0.0535. The molecule has 2 rings (SSSR count). The van der Waals surface area contributed by atoms with Gasteiger partial charge in [0.05, 0.1) is 7.11 Å². The molecule has 1 saturated carbocycles. The normalized spacial score (nSPS) is 25.2. The Kier molecular flexibility index (Phi) is 4.92. The zero-order valence-electron chi connectivity index (χ0n) is 13.1. The van der Waals surface area contributed by atoms with Gasteiger partial charge < -0.3 is 14.8 Å². The van der Waals surface area contributed by atoms with E-state index in [4.69, 9.17) is 9.47 Å². The van der Waals surface area contributed by atoms with Gasteiger partial charge >= 0.3 is 0 Å². The third kappa shape index (κ3) is 3.89. The first kappa shape index (κ1) is 15.2. The fraction of sp³-hybridized carbons (Fsp3) is 0.647. The Balaban J connectivity index is 2.09. The van der Waals surface area contributed by atoms with Gasteiger partial charge in [0, 0.05) is 12.1 Å². The van der Waals surface area contributed by atoms with Crippen molar-refractivity contribution in [2.45, 2.75) is 52.2 Å². The summed E-state index contributed by atoms with van der Waals surface area (Å²) in [5.41, 5.74) is 0.357. The molecule has 0 spiro atoms. The molecule has 0 aliphatic heterocycles. The Labute approximate surface area is 122 Å². The number of ether oxygens (including phenoxy) is 2. The maximum atomic E-state index is 6.26. The quantitative estimate of drug-likeness (QED) is 0.891. The van der Waals surface area contributed by atoms with Crippen molar-refractivity contribution in [2.75, 3.05) is 13.7 Å². The van der Waals surface area contributed by atoms with Crippen molar-refractivity contribution in [3.05, 3.63) is 24.3 Å². The van der Waals surface area contributed by atoms with E-state index in [0.29, 0.717) is 11.5 Å². The van der Waals surface area contributed by atoms with Crippen molar-refractivity contribution in [1.82, 2.24) is 5.32 Å². The molecule has 1 aliphatic rings. The van der Waals surface area contributed by atoms with Gasteiger partial charge in [0.25, 0.3) is 0 Å². The highest BCUT2D eigenvalue weighted by molar-refractivity contribution is 5.33. The van der Waals surface area contributed by atoms with Gasteiger partial charge in [0.2, 0.25) is 0 Å². The maximum absolute atomic E-state index is 6.26. The lowest BCUT2D eigenvalue weighted by atomic mass is 9.74. The Hall–Kier alpha value is -1.22. The summed E-state index contributed by atoms with van der Waals surface area (Å²) in [6.07, 6.45) is 3.74. The largest absolute Gasteiger partial charge is 0.497 e. The van der Waals surface area contributed by atoms with Crippen molar-refractivity contribution >= 4 is 0 Å². The summed E-state index contributed by atoms with van der Waals surface area (Å²) in [6, 6.07) is 8.33. The van der Waals surface area contributed by atoms with Crippen molar-refractivity contribution in [3.8, 4) is 11.5 Å². The second-order valence-electron chi connectivity index (χ2n) is 6.41. The van der Waals surface area contributed by atoms with E-state index < -0.39 is 0 Å². The molecule has 1 fully saturated rings. The molecule has 0 aromatic heterocycles. The van der Waals surface area contributed by atoms with Crippen LogP contribution in [0.4, 0.5) is 0 Å². The first-order chi connectivity index (χ1) is 9.54. The molecular formula is C17H27NO2. The number of benzene rings is 1. The van der Waals surface area contributed by atoms with Crippen LogP contribution in [-0.4, -0.2) is 25.8 Å².